The number of aliphatic hydroxyl groups is 1. The SMILES string of the molecule is C=C1\C=C/C([N+](=O)[O-])=C\C=C/C(C#CCO)=C\C=C(\C(=O)OC)C1=C. The van der Waals surface area contributed by atoms with E-state index in [0.29, 0.717) is 11.1 Å². The standard InChI is InChI=1S/C19H17NO5/c1-14-9-11-17(20(23)24)8-4-6-16(7-5-13-21)10-12-18(15(14)2)19(22)25-3/h4,6,8-12,21H,1-2,13H2,3H3/b6-4-,11-9-,16-10+,17-8+,18-12+. The van der Waals surface area contributed by atoms with Crippen LogP contribution in [-0.2, 0) is 9.53 Å². The Morgan fingerprint density at radius 3 is 2.60 bits per heavy atom. The molecular formula is C19H17NO5. The topological polar surface area (TPSA) is 89.7 Å². The lowest BCUT2D eigenvalue weighted by atomic mass is 9.98. The number of methoxy groups -OCH3 is 1. The Bertz CT molecular complexity index is 810. The minimum absolute atomic E-state index is 0.140. The summed E-state index contributed by atoms with van der Waals surface area (Å²) in [4.78, 5) is 22.5. The molecule has 0 aromatic heterocycles. The highest BCUT2D eigenvalue weighted by Gasteiger charge is 2.15. The van der Waals surface area contributed by atoms with E-state index in [-0.39, 0.29) is 23.5 Å². The van der Waals surface area contributed by atoms with E-state index in [1.165, 1.54) is 49.6 Å². The summed E-state index contributed by atoms with van der Waals surface area (Å²) in [6.07, 6.45) is 9.92. The van der Waals surface area contributed by atoms with Gasteiger partial charge in [-0.1, -0.05) is 31.1 Å². The Morgan fingerprint density at radius 1 is 1.28 bits per heavy atom. The van der Waals surface area contributed by atoms with Gasteiger partial charge in [0.05, 0.1) is 17.6 Å². The monoisotopic (exact) mass is 339 g/mol. The third-order valence-corrected chi connectivity index (χ3v) is 3.07. The lowest BCUT2D eigenvalue weighted by Gasteiger charge is -2.08. The van der Waals surface area contributed by atoms with Crippen molar-refractivity contribution in [3.8, 4) is 11.8 Å². The molecule has 0 heterocycles. The van der Waals surface area contributed by atoms with Gasteiger partial charge in [0.1, 0.15) is 6.61 Å². The van der Waals surface area contributed by atoms with Gasteiger partial charge in [-0.15, -0.1) is 0 Å². The number of nitro groups is 1. The maximum absolute atomic E-state index is 12.0. The van der Waals surface area contributed by atoms with Crippen LogP contribution in [0.5, 0.6) is 0 Å². The van der Waals surface area contributed by atoms with E-state index < -0.39 is 10.9 Å². The fourth-order valence-corrected chi connectivity index (χ4v) is 1.74. The molecule has 0 radical (unpaired) electrons. The smallest absolute Gasteiger partial charge is 0.338 e. The fraction of sp³-hybridized carbons (Fsp3) is 0.105. The molecular weight excluding hydrogens is 322 g/mol. The van der Waals surface area contributed by atoms with Crippen LogP contribution in [0.3, 0.4) is 0 Å². The summed E-state index contributed by atoms with van der Waals surface area (Å²) in [7, 11) is 1.23. The Hall–Kier alpha value is -3.43. The predicted molar refractivity (Wildman–Crippen MR) is 94.7 cm³/mol. The summed E-state index contributed by atoms with van der Waals surface area (Å²) in [5, 5.41) is 19.9. The molecule has 0 amide bonds. The number of esters is 1. The summed E-state index contributed by atoms with van der Waals surface area (Å²) in [6, 6.07) is 0. The average Bonchev–Trinajstić information content (AvgIpc) is 2.59. The number of carbonyl (C=O) groups excluding carboxylic acids is 1. The van der Waals surface area contributed by atoms with Crippen LogP contribution < -0.4 is 0 Å². The molecule has 1 aliphatic rings. The highest BCUT2D eigenvalue weighted by atomic mass is 16.6. The van der Waals surface area contributed by atoms with E-state index in [9.17, 15) is 14.9 Å². The van der Waals surface area contributed by atoms with Crippen LogP contribution in [0.15, 0.2) is 83.7 Å². The van der Waals surface area contributed by atoms with Gasteiger partial charge in [0.2, 0.25) is 0 Å². The second-order valence-corrected chi connectivity index (χ2v) is 4.70. The van der Waals surface area contributed by atoms with Gasteiger partial charge in [0, 0.05) is 17.7 Å². The molecule has 0 saturated carbocycles. The van der Waals surface area contributed by atoms with Crippen molar-refractivity contribution < 1.29 is 19.6 Å². The summed E-state index contributed by atoms with van der Waals surface area (Å²) in [5.41, 5.74) is 0.980. The first-order valence-electron chi connectivity index (χ1n) is 7.10. The van der Waals surface area contributed by atoms with Gasteiger partial charge in [-0.25, -0.2) is 4.79 Å². The van der Waals surface area contributed by atoms with Crippen LogP contribution in [0.25, 0.3) is 0 Å². The van der Waals surface area contributed by atoms with Crippen molar-refractivity contribution in [1.29, 1.82) is 0 Å². The number of ether oxygens (including phenoxy) is 1. The maximum Gasteiger partial charge on any atom is 0.338 e. The predicted octanol–water partition coefficient (Wildman–Crippen LogP) is 2.41. The van der Waals surface area contributed by atoms with E-state index in [4.69, 9.17) is 9.84 Å². The third kappa shape index (κ3) is 5.94. The second kappa shape index (κ2) is 9.65. The van der Waals surface area contributed by atoms with Gasteiger partial charge >= 0.3 is 5.97 Å². The molecule has 0 bridgehead atoms. The Balaban J connectivity index is 3.54. The Labute approximate surface area is 145 Å². The van der Waals surface area contributed by atoms with E-state index in [2.05, 4.69) is 25.0 Å². The molecule has 6 heteroatoms. The van der Waals surface area contributed by atoms with Gasteiger partial charge < -0.3 is 9.84 Å². The zero-order valence-electron chi connectivity index (χ0n) is 13.7. The van der Waals surface area contributed by atoms with Crippen molar-refractivity contribution in [1.82, 2.24) is 0 Å². The van der Waals surface area contributed by atoms with E-state index in [1.54, 1.807) is 0 Å². The van der Waals surface area contributed by atoms with E-state index in [1.807, 2.05) is 0 Å². The van der Waals surface area contributed by atoms with Gasteiger partial charge in [-0.2, -0.15) is 0 Å². The van der Waals surface area contributed by atoms with Crippen LogP contribution in [0, 0.1) is 22.0 Å². The van der Waals surface area contributed by atoms with Gasteiger partial charge in [0.25, 0.3) is 5.70 Å². The van der Waals surface area contributed by atoms with Crippen LogP contribution in [-0.4, -0.2) is 29.7 Å². The van der Waals surface area contributed by atoms with Crippen LogP contribution in [0.2, 0.25) is 0 Å². The van der Waals surface area contributed by atoms with Crippen molar-refractivity contribution >= 4 is 5.97 Å². The molecule has 0 fully saturated rings. The number of rotatable bonds is 2. The molecule has 0 unspecified atom stereocenters. The molecule has 0 atom stereocenters. The third-order valence-electron chi connectivity index (χ3n) is 3.07. The highest BCUT2D eigenvalue weighted by Crippen LogP contribution is 2.20. The Morgan fingerprint density at radius 2 is 2.00 bits per heavy atom. The average molecular weight is 339 g/mol. The summed E-state index contributed by atoms with van der Waals surface area (Å²) < 4.78 is 4.73. The quantitative estimate of drug-likeness (QED) is 0.361. The first-order chi connectivity index (χ1) is 11.9. The van der Waals surface area contributed by atoms with E-state index in [0.717, 1.165) is 0 Å². The summed E-state index contributed by atoms with van der Waals surface area (Å²) in [5.74, 6) is 4.53. The second-order valence-electron chi connectivity index (χ2n) is 4.70. The van der Waals surface area contributed by atoms with Crippen LogP contribution in [0.1, 0.15) is 0 Å². The molecule has 0 aromatic carbocycles. The van der Waals surface area contributed by atoms with E-state index >= 15 is 0 Å². The van der Waals surface area contributed by atoms with Gasteiger partial charge in [-0.05, 0) is 35.5 Å². The van der Waals surface area contributed by atoms with Gasteiger partial charge in [-0.3, -0.25) is 10.1 Å². The van der Waals surface area contributed by atoms with Crippen molar-refractivity contribution in [2.24, 2.45) is 0 Å². The molecule has 6 nitrogen and oxygen atoms in total. The molecule has 1 aliphatic carbocycles. The zero-order valence-corrected chi connectivity index (χ0v) is 13.7. The fourth-order valence-electron chi connectivity index (χ4n) is 1.74. The van der Waals surface area contributed by atoms with Crippen molar-refractivity contribution in [2.75, 3.05) is 13.7 Å². The molecule has 0 aromatic rings. The van der Waals surface area contributed by atoms with Crippen molar-refractivity contribution in [3.05, 3.63) is 93.8 Å². The molecule has 128 valence electrons. The first kappa shape index (κ1) is 19.6. The molecule has 1 rings (SSSR count). The van der Waals surface area contributed by atoms with Crippen molar-refractivity contribution in [2.45, 2.75) is 0 Å². The maximum atomic E-state index is 12.0. The first-order valence-corrected chi connectivity index (χ1v) is 7.10. The molecule has 0 saturated heterocycles. The van der Waals surface area contributed by atoms with Crippen LogP contribution >= 0.6 is 0 Å². The number of carbonyl (C=O) groups is 1. The number of hydrogen-bond acceptors (Lipinski definition) is 5. The number of allylic oxidation sites excluding steroid dienone is 9. The zero-order chi connectivity index (χ0) is 18.8. The van der Waals surface area contributed by atoms with Gasteiger partial charge in [0.15, 0.2) is 0 Å². The minimum Gasteiger partial charge on any atom is -0.465 e. The molecule has 0 aliphatic heterocycles. The van der Waals surface area contributed by atoms with Crippen LogP contribution in [0.4, 0.5) is 0 Å². The molecule has 0 spiro atoms. The lowest BCUT2D eigenvalue weighted by molar-refractivity contribution is -0.419. The number of hydrogen-bond donors (Lipinski definition) is 1. The molecule has 1 N–H and O–H groups in total. The Kier molecular flexibility index (Phi) is 7.57. The highest BCUT2D eigenvalue weighted by molar-refractivity contribution is 5.95. The normalized spacial score (nSPS) is 23.7. The summed E-state index contributed by atoms with van der Waals surface area (Å²) in [6.45, 7) is 7.22. The van der Waals surface area contributed by atoms with Crippen molar-refractivity contribution in [3.63, 3.8) is 0 Å². The summed E-state index contributed by atoms with van der Waals surface area (Å²) >= 11 is 0. The molecule has 25 heavy (non-hydrogen) atoms. The number of aliphatic hydroxyl groups excluding tert-OH is 1. The largest absolute Gasteiger partial charge is 0.465 e. The minimum atomic E-state index is -0.628. The lowest BCUT2D eigenvalue weighted by Crippen LogP contribution is -2.07. The number of nitrogens with zero attached hydrogens (tertiary/aromatic N) is 1.